The summed E-state index contributed by atoms with van der Waals surface area (Å²) in [6, 6.07) is 2.69. The molecule has 0 aromatic rings. The second-order valence-electron chi connectivity index (χ2n) is 3.57. The minimum atomic E-state index is 0.163. The van der Waals surface area contributed by atoms with Crippen molar-refractivity contribution in [2.45, 2.75) is 38.1 Å². The van der Waals surface area contributed by atoms with E-state index in [0.717, 1.165) is 12.8 Å². The van der Waals surface area contributed by atoms with Gasteiger partial charge < -0.3 is 5.32 Å². The molecule has 2 atom stereocenters. The molecular weight excluding hydrogens is 160 g/mol. The minimum absolute atomic E-state index is 0.163. The highest BCUT2D eigenvalue weighted by Gasteiger charge is 2.22. The molecule has 2 unspecified atom stereocenters. The van der Waals surface area contributed by atoms with E-state index >= 15 is 0 Å². The molecule has 0 amide bonds. The fourth-order valence-corrected chi connectivity index (χ4v) is 1.90. The largest absolute Gasteiger partial charge is 0.302 e. The first-order chi connectivity index (χ1) is 6.38. The Hall–Kier alpha value is -0.990. The van der Waals surface area contributed by atoms with Crippen molar-refractivity contribution in [2.24, 2.45) is 5.92 Å². The molecule has 0 aromatic carbocycles. The van der Waals surface area contributed by atoms with Crippen molar-refractivity contribution in [3.8, 4) is 18.4 Å². The summed E-state index contributed by atoms with van der Waals surface area (Å²) in [7, 11) is 0. The van der Waals surface area contributed by atoms with Crippen molar-refractivity contribution in [1.29, 1.82) is 5.26 Å². The second kappa shape index (κ2) is 5.62. The van der Waals surface area contributed by atoms with Crippen molar-refractivity contribution < 1.29 is 0 Å². The molecule has 2 nitrogen and oxygen atoms in total. The third kappa shape index (κ3) is 3.09. The Kier molecular flexibility index (Phi) is 4.36. The molecule has 0 bridgehead atoms. The molecule has 2 heteroatoms. The van der Waals surface area contributed by atoms with Gasteiger partial charge >= 0.3 is 0 Å². The lowest BCUT2D eigenvalue weighted by molar-refractivity contribution is 0.412. The van der Waals surface area contributed by atoms with Gasteiger partial charge in [-0.25, -0.2) is 0 Å². The average Bonchev–Trinajstić information content (AvgIpc) is 2.39. The third-order valence-corrected chi connectivity index (χ3v) is 2.65. The van der Waals surface area contributed by atoms with Crippen LogP contribution >= 0.6 is 0 Å². The first-order valence-electron chi connectivity index (χ1n) is 4.95. The predicted octanol–water partition coefficient (Wildman–Crippen LogP) is 1.68. The number of hydrogen-bond donors (Lipinski definition) is 1. The van der Waals surface area contributed by atoms with Crippen molar-refractivity contribution in [1.82, 2.24) is 5.32 Å². The third-order valence-electron chi connectivity index (χ3n) is 2.65. The summed E-state index contributed by atoms with van der Waals surface area (Å²) in [5, 5.41) is 12.2. The van der Waals surface area contributed by atoms with Crippen molar-refractivity contribution >= 4 is 0 Å². The first-order valence-corrected chi connectivity index (χ1v) is 4.95. The monoisotopic (exact) mass is 176 g/mol. The normalized spacial score (nSPS) is 28.5. The average molecular weight is 176 g/mol. The van der Waals surface area contributed by atoms with Crippen LogP contribution in [0, 0.1) is 29.6 Å². The zero-order valence-corrected chi connectivity index (χ0v) is 7.92. The maximum atomic E-state index is 8.94. The van der Waals surface area contributed by atoms with Crippen LogP contribution in [0.4, 0.5) is 0 Å². The van der Waals surface area contributed by atoms with E-state index in [0.29, 0.717) is 12.6 Å². The molecule has 0 aromatic heterocycles. The van der Waals surface area contributed by atoms with Crippen molar-refractivity contribution in [2.75, 3.05) is 6.54 Å². The fraction of sp³-hybridized carbons (Fsp3) is 0.727. The molecule has 1 rings (SSSR count). The van der Waals surface area contributed by atoms with E-state index in [1.807, 2.05) is 0 Å². The molecule has 13 heavy (non-hydrogen) atoms. The lowest BCUT2D eigenvalue weighted by atomic mass is 9.96. The van der Waals surface area contributed by atoms with Gasteiger partial charge in [0.2, 0.25) is 0 Å². The lowest BCUT2D eigenvalue weighted by Gasteiger charge is -2.19. The van der Waals surface area contributed by atoms with Crippen LogP contribution in [0.3, 0.4) is 0 Å². The number of nitriles is 1. The Morgan fingerprint density at radius 1 is 1.31 bits per heavy atom. The molecule has 1 aliphatic carbocycles. The summed E-state index contributed by atoms with van der Waals surface area (Å²) in [6.45, 7) is 0.586. The second-order valence-corrected chi connectivity index (χ2v) is 3.57. The predicted molar refractivity (Wildman–Crippen MR) is 52.8 cm³/mol. The topological polar surface area (TPSA) is 35.8 Å². The standard InChI is InChI=1S/C11H16N2/c1-2-8-13-11-7-5-3-4-6-10(11)9-12/h1,10-11,13H,3-8H2. The van der Waals surface area contributed by atoms with E-state index < -0.39 is 0 Å². The summed E-state index contributed by atoms with van der Waals surface area (Å²) in [5.41, 5.74) is 0. The summed E-state index contributed by atoms with van der Waals surface area (Å²) in [5.74, 6) is 2.72. The molecule has 0 radical (unpaired) electrons. The molecule has 0 spiro atoms. The number of hydrogen-bond acceptors (Lipinski definition) is 2. The van der Waals surface area contributed by atoms with Gasteiger partial charge in [0.15, 0.2) is 0 Å². The van der Waals surface area contributed by atoms with Crippen LogP contribution in [0.5, 0.6) is 0 Å². The van der Waals surface area contributed by atoms with Gasteiger partial charge in [-0.3, -0.25) is 0 Å². The Labute approximate surface area is 80.3 Å². The molecule has 70 valence electrons. The Bertz CT molecular complexity index is 221. The minimum Gasteiger partial charge on any atom is -0.302 e. The quantitative estimate of drug-likeness (QED) is 0.513. The summed E-state index contributed by atoms with van der Waals surface area (Å²) >= 11 is 0. The van der Waals surface area contributed by atoms with E-state index in [9.17, 15) is 0 Å². The van der Waals surface area contributed by atoms with E-state index in [2.05, 4.69) is 17.3 Å². The van der Waals surface area contributed by atoms with Crippen LogP contribution in [0.1, 0.15) is 32.1 Å². The van der Waals surface area contributed by atoms with Gasteiger partial charge in [-0.1, -0.05) is 25.2 Å². The molecule has 1 saturated carbocycles. The highest BCUT2D eigenvalue weighted by Crippen LogP contribution is 2.22. The Morgan fingerprint density at radius 2 is 2.08 bits per heavy atom. The van der Waals surface area contributed by atoms with Crippen LogP contribution in [0.2, 0.25) is 0 Å². The van der Waals surface area contributed by atoms with Gasteiger partial charge in [0.25, 0.3) is 0 Å². The zero-order chi connectivity index (χ0) is 9.52. The van der Waals surface area contributed by atoms with Crippen molar-refractivity contribution in [3.63, 3.8) is 0 Å². The maximum absolute atomic E-state index is 8.94. The Morgan fingerprint density at radius 3 is 2.77 bits per heavy atom. The Balaban J connectivity index is 2.46. The summed E-state index contributed by atoms with van der Waals surface area (Å²) in [6.07, 6.45) is 11.0. The van der Waals surface area contributed by atoms with Gasteiger partial charge in [-0.05, 0) is 12.8 Å². The van der Waals surface area contributed by atoms with E-state index in [1.54, 1.807) is 0 Å². The highest BCUT2D eigenvalue weighted by atomic mass is 14.9. The molecule has 1 aliphatic rings. The first kappa shape index (κ1) is 10.1. The van der Waals surface area contributed by atoms with Crippen LogP contribution in [0.15, 0.2) is 0 Å². The summed E-state index contributed by atoms with van der Waals surface area (Å²) < 4.78 is 0. The van der Waals surface area contributed by atoms with Gasteiger partial charge in [-0.2, -0.15) is 5.26 Å². The zero-order valence-electron chi connectivity index (χ0n) is 7.92. The molecular formula is C11H16N2. The van der Waals surface area contributed by atoms with E-state index in [-0.39, 0.29) is 5.92 Å². The molecule has 0 heterocycles. The molecule has 0 saturated heterocycles. The van der Waals surface area contributed by atoms with Gasteiger partial charge in [0.1, 0.15) is 0 Å². The van der Waals surface area contributed by atoms with Crippen molar-refractivity contribution in [3.05, 3.63) is 0 Å². The van der Waals surface area contributed by atoms with Crippen LogP contribution in [-0.2, 0) is 0 Å². The summed E-state index contributed by atoms with van der Waals surface area (Å²) in [4.78, 5) is 0. The molecule has 1 fully saturated rings. The SMILES string of the molecule is C#CCNC1CCCCCC1C#N. The lowest BCUT2D eigenvalue weighted by Crippen LogP contribution is -2.35. The number of rotatable bonds is 2. The smallest absolute Gasteiger partial charge is 0.0672 e. The number of nitrogens with one attached hydrogen (secondary N) is 1. The van der Waals surface area contributed by atoms with Gasteiger partial charge in [0.05, 0.1) is 18.5 Å². The maximum Gasteiger partial charge on any atom is 0.0672 e. The molecule has 1 N–H and O–H groups in total. The highest BCUT2D eigenvalue weighted by molar-refractivity contribution is 4.96. The molecule has 0 aliphatic heterocycles. The van der Waals surface area contributed by atoms with Gasteiger partial charge in [0, 0.05) is 6.04 Å². The van der Waals surface area contributed by atoms with Crippen LogP contribution in [-0.4, -0.2) is 12.6 Å². The number of terminal acetylenes is 1. The van der Waals surface area contributed by atoms with Crippen LogP contribution < -0.4 is 5.32 Å². The van der Waals surface area contributed by atoms with Crippen LogP contribution in [0.25, 0.3) is 0 Å². The van der Waals surface area contributed by atoms with Gasteiger partial charge in [-0.15, -0.1) is 6.42 Å². The van der Waals surface area contributed by atoms with E-state index in [1.165, 1.54) is 19.3 Å². The fourth-order valence-electron chi connectivity index (χ4n) is 1.90. The number of nitrogens with zero attached hydrogens (tertiary/aromatic N) is 1. The van der Waals surface area contributed by atoms with E-state index in [4.69, 9.17) is 11.7 Å².